The van der Waals surface area contributed by atoms with Gasteiger partial charge in [-0.1, -0.05) is 43.3 Å². The molecule has 0 fully saturated rings. The van der Waals surface area contributed by atoms with Crippen LogP contribution in [0.15, 0.2) is 72.9 Å². The van der Waals surface area contributed by atoms with Crippen molar-refractivity contribution in [1.82, 2.24) is 4.98 Å². The summed E-state index contributed by atoms with van der Waals surface area (Å²) in [6, 6.07) is 21.8. The molecular formula is C21H21N3OS. The van der Waals surface area contributed by atoms with E-state index < -0.39 is 0 Å². The van der Waals surface area contributed by atoms with E-state index in [9.17, 15) is 0 Å². The van der Waals surface area contributed by atoms with Crippen molar-refractivity contribution in [3.8, 4) is 5.75 Å². The fourth-order valence-corrected chi connectivity index (χ4v) is 3.13. The number of pyridine rings is 1. The van der Waals surface area contributed by atoms with Gasteiger partial charge in [0.15, 0.2) is 5.11 Å². The summed E-state index contributed by atoms with van der Waals surface area (Å²) in [6.07, 6.45) is 1.76. The van der Waals surface area contributed by atoms with Crippen molar-refractivity contribution < 1.29 is 4.74 Å². The topological polar surface area (TPSA) is 51.4 Å². The lowest BCUT2D eigenvalue weighted by atomic mass is 9.93. The first kappa shape index (κ1) is 17.9. The molecule has 0 amide bonds. The Bertz CT molecular complexity index is 881. The van der Waals surface area contributed by atoms with Gasteiger partial charge in [-0.3, -0.25) is 4.90 Å². The number of methoxy groups -OCH3 is 1. The van der Waals surface area contributed by atoms with Gasteiger partial charge in [0.1, 0.15) is 11.6 Å². The summed E-state index contributed by atoms with van der Waals surface area (Å²) in [4.78, 5) is 6.40. The average molecular weight is 363 g/mol. The maximum Gasteiger partial charge on any atom is 0.176 e. The molecule has 0 saturated carbocycles. The highest BCUT2D eigenvalue weighted by atomic mass is 32.1. The predicted molar refractivity (Wildman–Crippen MR) is 110 cm³/mol. The minimum atomic E-state index is 0.116. The molecule has 132 valence electrons. The molecule has 1 unspecified atom stereocenters. The molecule has 3 aromatic rings. The van der Waals surface area contributed by atoms with Crippen molar-refractivity contribution >= 4 is 28.8 Å². The van der Waals surface area contributed by atoms with Crippen LogP contribution in [0.25, 0.3) is 0 Å². The quantitative estimate of drug-likeness (QED) is 0.670. The molecule has 0 bridgehead atoms. The highest BCUT2D eigenvalue weighted by Crippen LogP contribution is 2.34. The number of benzene rings is 2. The van der Waals surface area contributed by atoms with E-state index in [0.29, 0.717) is 0 Å². The second kappa shape index (κ2) is 7.97. The minimum absolute atomic E-state index is 0.116. The van der Waals surface area contributed by atoms with Gasteiger partial charge >= 0.3 is 0 Å². The Hall–Kier alpha value is -2.92. The number of para-hydroxylation sites is 1. The Kier molecular flexibility index (Phi) is 5.49. The van der Waals surface area contributed by atoms with E-state index in [4.69, 9.17) is 22.7 Å². The maximum atomic E-state index is 6.05. The molecule has 2 aromatic carbocycles. The Morgan fingerprint density at radius 2 is 1.73 bits per heavy atom. The number of anilines is 2. The predicted octanol–water partition coefficient (Wildman–Crippen LogP) is 4.62. The molecule has 0 radical (unpaired) electrons. The molecule has 1 heterocycles. The first-order valence-corrected chi connectivity index (χ1v) is 8.76. The standard InChI is InChI=1S/C21H21N3OS/c1-15(16-10-12-18(25-2)13-11-16)19-9-6-14-23-20(19)24(21(22)26)17-7-4-3-5-8-17/h3-15H,1-2H3,(H2,22,26). The van der Waals surface area contributed by atoms with Crippen molar-refractivity contribution in [2.75, 3.05) is 12.0 Å². The summed E-state index contributed by atoms with van der Waals surface area (Å²) in [7, 11) is 1.66. The van der Waals surface area contributed by atoms with Crippen molar-refractivity contribution in [2.45, 2.75) is 12.8 Å². The highest BCUT2D eigenvalue weighted by Gasteiger charge is 2.21. The fraction of sp³-hybridized carbons (Fsp3) is 0.143. The van der Waals surface area contributed by atoms with Crippen LogP contribution in [0.3, 0.4) is 0 Å². The van der Waals surface area contributed by atoms with E-state index in [-0.39, 0.29) is 11.0 Å². The van der Waals surface area contributed by atoms with E-state index in [2.05, 4.69) is 30.1 Å². The largest absolute Gasteiger partial charge is 0.497 e. The third-order valence-corrected chi connectivity index (χ3v) is 4.53. The second-order valence-electron chi connectivity index (χ2n) is 5.92. The number of hydrogen-bond acceptors (Lipinski definition) is 3. The van der Waals surface area contributed by atoms with Crippen LogP contribution in [0.5, 0.6) is 5.75 Å². The molecule has 5 heteroatoms. The summed E-state index contributed by atoms with van der Waals surface area (Å²) >= 11 is 5.32. The summed E-state index contributed by atoms with van der Waals surface area (Å²) in [5.41, 5.74) is 9.15. The van der Waals surface area contributed by atoms with Crippen LogP contribution < -0.4 is 15.4 Å². The molecule has 3 rings (SSSR count). The highest BCUT2D eigenvalue weighted by molar-refractivity contribution is 7.80. The van der Waals surface area contributed by atoms with Crippen LogP contribution in [-0.4, -0.2) is 17.2 Å². The number of thiocarbonyl (C=S) groups is 1. The van der Waals surface area contributed by atoms with Gasteiger partial charge in [-0.05, 0) is 48.1 Å². The Labute approximate surface area is 159 Å². The average Bonchev–Trinajstić information content (AvgIpc) is 2.69. The summed E-state index contributed by atoms with van der Waals surface area (Å²) in [5, 5.41) is 0.262. The lowest BCUT2D eigenvalue weighted by Crippen LogP contribution is -2.32. The number of nitrogens with two attached hydrogens (primary N) is 1. The molecule has 0 aliphatic heterocycles. The minimum Gasteiger partial charge on any atom is -0.497 e. The zero-order valence-corrected chi connectivity index (χ0v) is 15.6. The summed E-state index contributed by atoms with van der Waals surface area (Å²) in [5.74, 6) is 1.70. The van der Waals surface area contributed by atoms with Crippen LogP contribution in [0, 0.1) is 0 Å². The smallest absolute Gasteiger partial charge is 0.176 e. The van der Waals surface area contributed by atoms with E-state index in [1.54, 1.807) is 13.3 Å². The molecule has 4 nitrogen and oxygen atoms in total. The lowest BCUT2D eigenvalue weighted by Gasteiger charge is -2.26. The van der Waals surface area contributed by atoms with Crippen LogP contribution in [-0.2, 0) is 0 Å². The third-order valence-electron chi connectivity index (χ3n) is 4.35. The third kappa shape index (κ3) is 3.68. The zero-order valence-electron chi connectivity index (χ0n) is 14.8. The van der Waals surface area contributed by atoms with Crippen molar-refractivity contribution in [2.24, 2.45) is 5.73 Å². The van der Waals surface area contributed by atoms with Gasteiger partial charge in [0.2, 0.25) is 0 Å². The number of aromatic nitrogens is 1. The molecule has 0 aliphatic rings. The van der Waals surface area contributed by atoms with E-state index in [0.717, 1.165) is 28.4 Å². The van der Waals surface area contributed by atoms with Crippen LogP contribution in [0.1, 0.15) is 24.0 Å². The SMILES string of the molecule is COc1ccc(C(C)c2cccnc2N(C(N)=S)c2ccccc2)cc1. The van der Waals surface area contributed by atoms with Gasteiger partial charge < -0.3 is 10.5 Å². The van der Waals surface area contributed by atoms with Gasteiger partial charge in [-0.2, -0.15) is 0 Å². The Balaban J connectivity index is 2.05. The van der Waals surface area contributed by atoms with Crippen LogP contribution in [0.2, 0.25) is 0 Å². The van der Waals surface area contributed by atoms with Crippen molar-refractivity contribution in [1.29, 1.82) is 0 Å². The van der Waals surface area contributed by atoms with E-state index >= 15 is 0 Å². The second-order valence-corrected chi connectivity index (χ2v) is 6.34. The van der Waals surface area contributed by atoms with Gasteiger partial charge in [0.05, 0.1) is 7.11 Å². The first-order chi connectivity index (χ1) is 12.6. The molecule has 1 aromatic heterocycles. The van der Waals surface area contributed by atoms with Crippen LogP contribution >= 0.6 is 12.2 Å². The maximum absolute atomic E-state index is 6.05. The molecule has 2 N–H and O–H groups in total. The first-order valence-electron chi connectivity index (χ1n) is 8.35. The molecule has 0 spiro atoms. The Morgan fingerprint density at radius 3 is 2.35 bits per heavy atom. The fourth-order valence-electron chi connectivity index (χ4n) is 2.94. The molecule has 26 heavy (non-hydrogen) atoms. The van der Waals surface area contributed by atoms with Gasteiger partial charge in [0, 0.05) is 23.4 Å². The normalized spacial score (nSPS) is 11.6. The van der Waals surface area contributed by atoms with Gasteiger partial charge in [0.25, 0.3) is 0 Å². The lowest BCUT2D eigenvalue weighted by molar-refractivity contribution is 0.414. The van der Waals surface area contributed by atoms with E-state index in [1.165, 1.54) is 0 Å². The zero-order chi connectivity index (χ0) is 18.5. The summed E-state index contributed by atoms with van der Waals surface area (Å²) < 4.78 is 5.25. The number of nitrogens with zero attached hydrogens (tertiary/aromatic N) is 2. The summed E-state index contributed by atoms with van der Waals surface area (Å²) in [6.45, 7) is 2.14. The number of rotatable bonds is 5. The van der Waals surface area contributed by atoms with Crippen molar-refractivity contribution in [3.05, 3.63) is 84.1 Å². The van der Waals surface area contributed by atoms with Gasteiger partial charge in [-0.15, -0.1) is 0 Å². The number of ether oxygens (including phenoxy) is 1. The Morgan fingerprint density at radius 1 is 1.04 bits per heavy atom. The monoisotopic (exact) mass is 363 g/mol. The molecule has 0 saturated heterocycles. The molecule has 0 aliphatic carbocycles. The molecular weight excluding hydrogens is 342 g/mol. The van der Waals surface area contributed by atoms with Gasteiger partial charge in [-0.25, -0.2) is 4.98 Å². The number of hydrogen-bond donors (Lipinski definition) is 1. The molecule has 1 atom stereocenters. The van der Waals surface area contributed by atoms with E-state index in [1.807, 2.05) is 53.4 Å². The van der Waals surface area contributed by atoms with Crippen molar-refractivity contribution in [3.63, 3.8) is 0 Å². The van der Waals surface area contributed by atoms with Crippen LogP contribution in [0.4, 0.5) is 11.5 Å².